The molecule has 156 valence electrons. The van der Waals surface area contributed by atoms with Crippen LogP contribution in [0, 0.1) is 0 Å². The lowest BCUT2D eigenvalue weighted by molar-refractivity contribution is -0.136. The number of hydrogen-bond acceptors (Lipinski definition) is 5. The van der Waals surface area contributed by atoms with Crippen molar-refractivity contribution in [1.29, 1.82) is 0 Å². The van der Waals surface area contributed by atoms with E-state index in [-0.39, 0.29) is 23.6 Å². The van der Waals surface area contributed by atoms with Gasteiger partial charge in [-0.15, -0.1) is 0 Å². The van der Waals surface area contributed by atoms with Crippen LogP contribution in [0.1, 0.15) is 16.7 Å². The van der Waals surface area contributed by atoms with Crippen molar-refractivity contribution in [2.45, 2.75) is 12.6 Å². The second kappa shape index (κ2) is 7.16. The molecular formula is C23H15F3N2O3. The van der Waals surface area contributed by atoms with E-state index in [2.05, 4.69) is 16.9 Å². The Bertz CT molecular complexity index is 1270. The summed E-state index contributed by atoms with van der Waals surface area (Å²) in [7, 11) is 0. The summed E-state index contributed by atoms with van der Waals surface area (Å²) in [4.78, 5) is 0. The molecular weight excluding hydrogens is 409 g/mol. The van der Waals surface area contributed by atoms with Crippen LogP contribution in [-0.4, -0.2) is 16.9 Å². The van der Waals surface area contributed by atoms with Crippen LogP contribution < -0.4 is 4.74 Å². The predicted octanol–water partition coefficient (Wildman–Crippen LogP) is 6.26. The lowest BCUT2D eigenvalue weighted by atomic mass is 9.99. The third-order valence-corrected chi connectivity index (χ3v) is 5.12. The summed E-state index contributed by atoms with van der Waals surface area (Å²) in [6.45, 7) is 3.98. The van der Waals surface area contributed by atoms with Gasteiger partial charge >= 0.3 is 6.18 Å². The van der Waals surface area contributed by atoms with Crippen LogP contribution in [0.2, 0.25) is 0 Å². The molecule has 8 heteroatoms. The van der Waals surface area contributed by atoms with E-state index in [9.17, 15) is 13.2 Å². The van der Waals surface area contributed by atoms with E-state index < -0.39 is 17.4 Å². The second-order valence-corrected chi connectivity index (χ2v) is 7.00. The van der Waals surface area contributed by atoms with E-state index >= 15 is 0 Å². The number of fused-ring (bicyclic) bond motifs is 3. The minimum absolute atomic E-state index is 0.00231. The fourth-order valence-corrected chi connectivity index (χ4v) is 3.68. The van der Waals surface area contributed by atoms with Crippen LogP contribution in [0.15, 0.2) is 64.2 Å². The van der Waals surface area contributed by atoms with Crippen LogP contribution in [-0.2, 0) is 12.6 Å². The highest BCUT2D eigenvalue weighted by Gasteiger charge is 2.43. The number of rotatable bonds is 3. The first-order valence-electron chi connectivity index (χ1n) is 9.48. The number of benzene rings is 2. The number of hydrogen-bond donors (Lipinski definition) is 0. The monoisotopic (exact) mass is 424 g/mol. The highest BCUT2D eigenvalue weighted by Crippen LogP contribution is 2.46. The predicted molar refractivity (Wildman–Crippen MR) is 107 cm³/mol. The highest BCUT2D eigenvalue weighted by atomic mass is 19.4. The summed E-state index contributed by atoms with van der Waals surface area (Å²) < 4.78 is 58.6. The molecule has 0 N–H and O–H groups in total. The third-order valence-electron chi connectivity index (χ3n) is 5.12. The maximum atomic E-state index is 14.1. The summed E-state index contributed by atoms with van der Waals surface area (Å²) in [5.41, 5.74) is 0.835. The molecule has 1 aliphatic rings. The summed E-state index contributed by atoms with van der Waals surface area (Å²) >= 11 is 0. The van der Waals surface area contributed by atoms with Crippen molar-refractivity contribution in [2.75, 3.05) is 6.61 Å². The Morgan fingerprint density at radius 3 is 2.42 bits per heavy atom. The van der Waals surface area contributed by atoms with Crippen molar-refractivity contribution in [2.24, 2.45) is 0 Å². The molecule has 0 radical (unpaired) electrons. The number of halogens is 3. The number of nitrogens with zero attached hydrogens (tertiary/aromatic N) is 2. The van der Waals surface area contributed by atoms with Crippen molar-refractivity contribution in [3.63, 3.8) is 0 Å². The molecule has 0 aliphatic carbocycles. The molecule has 5 nitrogen and oxygen atoms in total. The minimum Gasteiger partial charge on any atom is -0.492 e. The maximum Gasteiger partial charge on any atom is 0.422 e. The average Bonchev–Trinajstić information content (AvgIpc) is 3.34. The van der Waals surface area contributed by atoms with Crippen molar-refractivity contribution in [3.05, 3.63) is 71.8 Å². The zero-order valence-electron chi connectivity index (χ0n) is 16.1. The first kappa shape index (κ1) is 19.2. The Morgan fingerprint density at radius 1 is 0.935 bits per heavy atom. The molecule has 1 aliphatic heterocycles. The Balaban J connectivity index is 1.69. The molecule has 0 bridgehead atoms. The Kier molecular flexibility index (Phi) is 4.43. The average molecular weight is 424 g/mol. The molecule has 0 spiro atoms. The van der Waals surface area contributed by atoms with Gasteiger partial charge in [-0.05, 0) is 17.7 Å². The minimum atomic E-state index is -4.70. The van der Waals surface area contributed by atoms with Crippen LogP contribution in [0.4, 0.5) is 13.2 Å². The maximum absolute atomic E-state index is 14.1. The van der Waals surface area contributed by atoms with Gasteiger partial charge < -0.3 is 13.8 Å². The number of ether oxygens (including phenoxy) is 1. The Morgan fingerprint density at radius 2 is 1.68 bits per heavy atom. The van der Waals surface area contributed by atoms with E-state index in [1.807, 2.05) is 6.07 Å². The third kappa shape index (κ3) is 3.20. The van der Waals surface area contributed by atoms with Crippen LogP contribution in [0.5, 0.6) is 5.75 Å². The van der Waals surface area contributed by atoms with Gasteiger partial charge in [0.2, 0.25) is 0 Å². The summed E-state index contributed by atoms with van der Waals surface area (Å²) in [5.74, 6) is 0.552. The molecule has 2 aromatic heterocycles. The quantitative estimate of drug-likeness (QED) is 0.388. The Labute approximate surface area is 174 Å². The zero-order chi connectivity index (χ0) is 21.6. The van der Waals surface area contributed by atoms with Gasteiger partial charge in [-0.25, -0.2) is 0 Å². The Hall–Kier alpha value is -3.81. The largest absolute Gasteiger partial charge is 0.492 e. The van der Waals surface area contributed by atoms with Crippen LogP contribution in [0.25, 0.3) is 40.1 Å². The first-order valence-corrected chi connectivity index (χ1v) is 9.48. The lowest BCUT2D eigenvalue weighted by Crippen LogP contribution is -2.08. The molecule has 0 saturated carbocycles. The molecule has 0 amide bonds. The molecule has 3 heterocycles. The number of aromatic nitrogens is 2. The van der Waals surface area contributed by atoms with Crippen molar-refractivity contribution in [1.82, 2.24) is 10.3 Å². The molecule has 0 unspecified atom stereocenters. The fourth-order valence-electron chi connectivity index (χ4n) is 3.68. The molecule has 0 atom stereocenters. The zero-order valence-corrected chi connectivity index (χ0v) is 16.1. The second-order valence-electron chi connectivity index (χ2n) is 7.00. The van der Waals surface area contributed by atoms with E-state index in [0.29, 0.717) is 29.1 Å². The highest BCUT2D eigenvalue weighted by molar-refractivity contribution is 5.79. The fraction of sp³-hybridized carbons (Fsp3) is 0.130. The van der Waals surface area contributed by atoms with Crippen molar-refractivity contribution in [3.8, 4) is 39.8 Å². The molecule has 5 rings (SSSR count). The van der Waals surface area contributed by atoms with Gasteiger partial charge in [0.1, 0.15) is 22.7 Å². The summed E-state index contributed by atoms with van der Waals surface area (Å²) in [6, 6.07) is 13.4. The normalized spacial score (nSPS) is 13.1. The van der Waals surface area contributed by atoms with Gasteiger partial charge in [0.25, 0.3) is 0 Å². The van der Waals surface area contributed by atoms with Crippen molar-refractivity contribution >= 4 is 6.08 Å². The molecule has 0 saturated heterocycles. The van der Waals surface area contributed by atoms with Crippen LogP contribution >= 0.6 is 0 Å². The van der Waals surface area contributed by atoms with E-state index in [1.165, 1.54) is 12.1 Å². The molecule has 0 fully saturated rings. The standard InChI is InChI=1S/C23H15F3N2O3/c1-2-13-8-9-15-17(12-13)29-11-10-16-19(27-31-22(15)16)20-18(23(24,25)26)21(30-28-20)14-6-4-3-5-7-14/h2-9,12H,1,10-11H2. The van der Waals surface area contributed by atoms with Gasteiger partial charge in [0.05, 0.1) is 12.2 Å². The van der Waals surface area contributed by atoms with Gasteiger partial charge in [-0.1, -0.05) is 59.4 Å². The lowest BCUT2D eigenvalue weighted by Gasteiger charge is -2.08. The van der Waals surface area contributed by atoms with E-state index in [1.54, 1.807) is 36.4 Å². The topological polar surface area (TPSA) is 61.3 Å². The SMILES string of the molecule is C=Cc1ccc2c(c1)OCCc1c(-c3noc(-c4ccccc4)c3C(F)(F)F)noc1-2. The summed E-state index contributed by atoms with van der Waals surface area (Å²) in [6.07, 6.45) is -2.72. The van der Waals surface area contributed by atoms with Gasteiger partial charge in [-0.3, -0.25) is 0 Å². The van der Waals surface area contributed by atoms with E-state index in [0.717, 1.165) is 5.56 Å². The van der Waals surface area contributed by atoms with Crippen LogP contribution in [0.3, 0.4) is 0 Å². The molecule has 2 aromatic carbocycles. The van der Waals surface area contributed by atoms with Gasteiger partial charge in [0, 0.05) is 17.5 Å². The van der Waals surface area contributed by atoms with Crippen molar-refractivity contribution < 1.29 is 27.0 Å². The smallest absolute Gasteiger partial charge is 0.422 e. The van der Waals surface area contributed by atoms with Gasteiger partial charge in [0.15, 0.2) is 11.5 Å². The molecule has 4 aromatic rings. The molecule has 31 heavy (non-hydrogen) atoms. The van der Waals surface area contributed by atoms with E-state index in [4.69, 9.17) is 13.8 Å². The summed E-state index contributed by atoms with van der Waals surface area (Å²) in [5, 5.41) is 7.71. The first-order chi connectivity index (χ1) is 15.0. The number of alkyl halides is 3. The van der Waals surface area contributed by atoms with Gasteiger partial charge in [-0.2, -0.15) is 13.2 Å².